The Bertz CT molecular complexity index is 735. The zero-order valence-corrected chi connectivity index (χ0v) is 16.5. The fraction of sp³-hybridized carbons (Fsp3) is 0.600. The first-order valence-corrected chi connectivity index (χ1v) is 10.9. The lowest BCUT2D eigenvalue weighted by molar-refractivity contribution is 0.129. The largest absolute Gasteiger partial charge is 0.358 e. The second-order valence-corrected chi connectivity index (χ2v) is 9.26. The van der Waals surface area contributed by atoms with E-state index in [2.05, 4.69) is 0 Å². The molecule has 0 fully saturated rings. The second-order valence-electron chi connectivity index (χ2n) is 5.81. The van der Waals surface area contributed by atoms with Crippen molar-refractivity contribution in [3.63, 3.8) is 0 Å². The molecule has 6 nitrogen and oxygen atoms in total. The van der Waals surface area contributed by atoms with E-state index in [1.807, 2.05) is 0 Å². The van der Waals surface area contributed by atoms with Crippen LogP contribution in [-0.2, 0) is 34.3 Å². The van der Waals surface area contributed by atoms with Gasteiger partial charge in [0.05, 0.1) is 12.2 Å². The number of hydrogen-bond acceptors (Lipinski definition) is 6. The summed E-state index contributed by atoms with van der Waals surface area (Å²) >= 11 is 0. The molecule has 144 valence electrons. The van der Waals surface area contributed by atoms with E-state index >= 15 is 0 Å². The molecule has 0 amide bonds. The predicted molar refractivity (Wildman–Crippen MR) is 88.9 cm³/mol. The van der Waals surface area contributed by atoms with Crippen molar-refractivity contribution in [3.05, 3.63) is 29.3 Å². The van der Waals surface area contributed by atoms with Gasteiger partial charge in [0, 0.05) is 5.56 Å². The average molecular weight is 400 g/mol. The van der Waals surface area contributed by atoms with Crippen molar-refractivity contribution in [3.8, 4) is 0 Å². The summed E-state index contributed by atoms with van der Waals surface area (Å²) in [7, 11) is -8.62. The highest BCUT2D eigenvalue weighted by atomic mass is 32.2. The van der Waals surface area contributed by atoms with Crippen LogP contribution in [0.5, 0.6) is 0 Å². The van der Waals surface area contributed by atoms with Gasteiger partial charge in [-0.05, 0) is 46.2 Å². The van der Waals surface area contributed by atoms with Crippen LogP contribution in [0.25, 0.3) is 0 Å². The molecule has 0 aromatic heterocycles. The second kappa shape index (κ2) is 8.68. The molecule has 1 aromatic rings. The van der Waals surface area contributed by atoms with Crippen molar-refractivity contribution in [2.45, 2.75) is 58.1 Å². The monoisotopic (exact) mass is 400 g/mol. The summed E-state index contributed by atoms with van der Waals surface area (Å²) in [6.07, 6.45) is -2.05. The third-order valence-electron chi connectivity index (χ3n) is 2.87. The number of rotatable bonds is 9. The highest BCUT2D eigenvalue weighted by molar-refractivity contribution is 7.87. The van der Waals surface area contributed by atoms with Crippen LogP contribution < -0.4 is 0 Å². The first kappa shape index (κ1) is 22.2. The van der Waals surface area contributed by atoms with Gasteiger partial charge in [0.25, 0.3) is 0 Å². The van der Waals surface area contributed by atoms with Gasteiger partial charge >= 0.3 is 17.7 Å². The predicted octanol–water partition coefficient (Wildman–Crippen LogP) is 4.23. The van der Waals surface area contributed by atoms with E-state index in [1.54, 1.807) is 27.7 Å². The summed E-state index contributed by atoms with van der Waals surface area (Å²) in [6, 6.07) is 1.53. The molecule has 0 radical (unpaired) electrons. The van der Waals surface area contributed by atoms with Gasteiger partial charge in [-0.15, -0.1) is 0 Å². The Morgan fingerprint density at radius 3 is 1.96 bits per heavy atom. The molecule has 0 atom stereocenters. The number of benzene rings is 1. The molecule has 10 heteroatoms. The van der Waals surface area contributed by atoms with Crippen molar-refractivity contribution < 1.29 is 35.0 Å². The van der Waals surface area contributed by atoms with Crippen LogP contribution in [0.15, 0.2) is 17.0 Å². The Morgan fingerprint density at radius 2 is 1.52 bits per heavy atom. The molecule has 0 spiro atoms. The Kier molecular flexibility index (Phi) is 7.71. The first-order chi connectivity index (χ1) is 11.4. The van der Waals surface area contributed by atoms with Crippen LogP contribution in [0, 0.1) is 11.6 Å². The lowest BCUT2D eigenvalue weighted by Gasteiger charge is -2.22. The van der Waals surface area contributed by atoms with Gasteiger partial charge < -0.3 is 9.05 Å². The molecule has 0 unspecified atom stereocenters. The van der Waals surface area contributed by atoms with Crippen LogP contribution in [0.1, 0.15) is 40.2 Å². The summed E-state index contributed by atoms with van der Waals surface area (Å²) in [6.45, 7) is 7.84. The minimum absolute atomic E-state index is 0.0653. The topological polar surface area (TPSA) is 78.9 Å². The summed E-state index contributed by atoms with van der Waals surface area (Å²) in [5.41, 5.74) is -0.343. The van der Waals surface area contributed by atoms with Crippen LogP contribution in [0.4, 0.5) is 8.78 Å². The van der Waals surface area contributed by atoms with Crippen molar-refractivity contribution in [2.24, 2.45) is 0 Å². The summed E-state index contributed by atoms with van der Waals surface area (Å²) < 4.78 is 80.1. The zero-order chi connectivity index (χ0) is 19.4. The lowest BCUT2D eigenvalue weighted by Crippen LogP contribution is -2.17. The van der Waals surface area contributed by atoms with Gasteiger partial charge in [0.1, 0.15) is 16.5 Å². The van der Waals surface area contributed by atoms with Crippen molar-refractivity contribution >= 4 is 17.7 Å². The molecule has 0 aliphatic rings. The van der Waals surface area contributed by atoms with Crippen LogP contribution >= 0.6 is 7.60 Å². The average Bonchev–Trinajstić information content (AvgIpc) is 2.45. The molecule has 25 heavy (non-hydrogen) atoms. The molecule has 0 aliphatic carbocycles. The molecule has 1 rings (SSSR count). The fourth-order valence-corrected chi connectivity index (χ4v) is 5.59. The lowest BCUT2D eigenvalue weighted by atomic mass is 10.1. The van der Waals surface area contributed by atoms with E-state index in [-0.39, 0.29) is 12.0 Å². The molecule has 0 heterocycles. The van der Waals surface area contributed by atoms with E-state index in [9.17, 15) is 21.8 Å². The van der Waals surface area contributed by atoms with Crippen LogP contribution in [-0.4, -0.2) is 27.0 Å². The van der Waals surface area contributed by atoms with Crippen molar-refractivity contribution in [1.82, 2.24) is 0 Å². The molecular formula is C15H23F2O6PS. The van der Waals surface area contributed by atoms with Crippen molar-refractivity contribution in [1.29, 1.82) is 0 Å². The Hall–Kier alpha value is -0.860. The first-order valence-electron chi connectivity index (χ1n) is 7.74. The third kappa shape index (κ3) is 6.11. The van der Waals surface area contributed by atoms with E-state index < -0.39 is 52.8 Å². The Labute approximate surface area is 147 Å². The maximum absolute atomic E-state index is 14.0. The van der Waals surface area contributed by atoms with Gasteiger partial charge in [-0.3, -0.25) is 8.75 Å². The van der Waals surface area contributed by atoms with Gasteiger partial charge in [-0.25, -0.2) is 8.78 Å². The normalized spacial score (nSPS) is 13.0. The van der Waals surface area contributed by atoms with E-state index in [0.717, 1.165) is 6.07 Å². The Morgan fingerprint density at radius 1 is 1.04 bits per heavy atom. The van der Waals surface area contributed by atoms with E-state index in [0.29, 0.717) is 6.07 Å². The van der Waals surface area contributed by atoms with Gasteiger partial charge in [0.2, 0.25) is 0 Å². The summed E-state index contributed by atoms with van der Waals surface area (Å²) in [5, 5.41) is 0. The van der Waals surface area contributed by atoms with Crippen molar-refractivity contribution in [2.75, 3.05) is 6.35 Å². The van der Waals surface area contributed by atoms with Gasteiger partial charge in [-0.1, -0.05) is 6.92 Å². The maximum Gasteiger partial charge on any atom is 0.358 e. The molecule has 1 aromatic carbocycles. The van der Waals surface area contributed by atoms with E-state index in [1.165, 1.54) is 6.92 Å². The minimum Gasteiger partial charge on any atom is -0.304 e. The third-order valence-corrected chi connectivity index (χ3v) is 6.34. The van der Waals surface area contributed by atoms with Gasteiger partial charge in [0.15, 0.2) is 6.35 Å². The SMILES string of the molecule is CCc1c(F)ccc(F)c1S(=O)(=O)OCP(=O)(OC(C)C)OC(C)C. The molecule has 0 saturated heterocycles. The van der Waals surface area contributed by atoms with E-state index in [4.69, 9.17) is 13.2 Å². The smallest absolute Gasteiger partial charge is 0.304 e. The molecule has 0 aliphatic heterocycles. The number of hydrogen-bond donors (Lipinski definition) is 0. The Balaban J connectivity index is 3.17. The minimum atomic E-state index is -4.71. The number of halogens is 2. The highest BCUT2D eigenvalue weighted by Crippen LogP contribution is 2.51. The maximum atomic E-state index is 14.0. The highest BCUT2D eigenvalue weighted by Gasteiger charge is 2.34. The molecule has 0 saturated carbocycles. The quantitative estimate of drug-likeness (QED) is 0.456. The zero-order valence-electron chi connectivity index (χ0n) is 14.8. The summed E-state index contributed by atoms with van der Waals surface area (Å²) in [5.74, 6) is -2.02. The van der Waals surface area contributed by atoms with Crippen LogP contribution in [0.2, 0.25) is 0 Å². The molecule has 0 bridgehead atoms. The fourth-order valence-electron chi connectivity index (χ4n) is 2.10. The summed E-state index contributed by atoms with van der Waals surface area (Å²) in [4.78, 5) is -0.907. The standard InChI is InChI=1S/C15H23F2O6PS/c1-6-12-13(16)7-8-14(17)15(12)25(19,20)21-9-24(18,22-10(2)3)23-11(4)5/h7-8,10-11H,6,9H2,1-5H3. The van der Waals surface area contributed by atoms with Crippen LogP contribution in [0.3, 0.4) is 0 Å². The molecular weight excluding hydrogens is 377 g/mol. The van der Waals surface area contributed by atoms with Gasteiger partial charge in [-0.2, -0.15) is 8.42 Å². The molecule has 0 N–H and O–H groups in total.